The molecule has 1 aromatic heterocycles. The fourth-order valence-corrected chi connectivity index (χ4v) is 1.95. The lowest BCUT2D eigenvalue weighted by Gasteiger charge is -2.05. The number of nitrogens with zero attached hydrogens (tertiary/aromatic N) is 2. The summed E-state index contributed by atoms with van der Waals surface area (Å²) in [7, 11) is -3.83. The molecule has 6 nitrogen and oxygen atoms in total. The van der Waals surface area contributed by atoms with Gasteiger partial charge in [-0.05, 0) is 24.3 Å². The van der Waals surface area contributed by atoms with Crippen LogP contribution in [0, 0.1) is 0 Å². The van der Waals surface area contributed by atoms with Crippen LogP contribution in [0.3, 0.4) is 0 Å². The van der Waals surface area contributed by atoms with E-state index in [4.69, 9.17) is 10.0 Å². The first kappa shape index (κ1) is 10.5. The van der Waals surface area contributed by atoms with Gasteiger partial charge in [0, 0.05) is 11.9 Å². The Morgan fingerprint density at radius 2 is 1.94 bits per heavy atom. The van der Waals surface area contributed by atoms with Crippen LogP contribution < -0.4 is 10.0 Å². The number of nitrogen functional groups attached to an aromatic ring is 1. The Kier molecular flexibility index (Phi) is 2.53. The number of imidazole rings is 1. The molecule has 2 aromatic rings. The second kappa shape index (κ2) is 3.86. The molecule has 0 aliphatic carbocycles. The van der Waals surface area contributed by atoms with Gasteiger partial charge < -0.3 is 5.73 Å². The quantitative estimate of drug-likeness (QED) is 0.777. The second-order valence-electron chi connectivity index (χ2n) is 3.02. The number of nitrogens with two attached hydrogens (primary N) is 1. The summed E-state index contributed by atoms with van der Waals surface area (Å²) < 4.78 is 29.2. The third-order valence-electron chi connectivity index (χ3n) is 1.83. The van der Waals surface area contributed by atoms with Gasteiger partial charge in [-0.25, -0.2) is 4.98 Å². The van der Waals surface area contributed by atoms with Gasteiger partial charge >= 0.3 is 10.1 Å². The lowest BCUT2D eigenvalue weighted by molar-refractivity contribution is 0.278. The van der Waals surface area contributed by atoms with Crippen LogP contribution >= 0.6 is 0 Å². The maximum absolute atomic E-state index is 11.7. The lowest BCUT2D eigenvalue weighted by Crippen LogP contribution is -2.18. The van der Waals surface area contributed by atoms with Crippen molar-refractivity contribution in [2.24, 2.45) is 0 Å². The largest absolute Gasteiger partial charge is 0.399 e. The van der Waals surface area contributed by atoms with Crippen LogP contribution in [0.25, 0.3) is 0 Å². The Balaban J connectivity index is 2.29. The number of anilines is 1. The maximum atomic E-state index is 11.7. The molecule has 0 aliphatic rings. The van der Waals surface area contributed by atoms with Crippen molar-refractivity contribution in [3.05, 3.63) is 43.0 Å². The zero-order valence-corrected chi connectivity index (χ0v) is 8.96. The van der Waals surface area contributed by atoms with E-state index in [2.05, 4.69) is 4.98 Å². The van der Waals surface area contributed by atoms with Crippen LogP contribution in [-0.2, 0) is 10.1 Å². The molecule has 0 spiro atoms. The number of hydrogen-bond acceptors (Lipinski definition) is 5. The van der Waals surface area contributed by atoms with Gasteiger partial charge in [0.15, 0.2) is 0 Å². The highest BCUT2D eigenvalue weighted by Gasteiger charge is 2.16. The minimum absolute atomic E-state index is 0.0374. The van der Waals surface area contributed by atoms with Gasteiger partial charge in [-0.3, -0.25) is 4.28 Å². The molecular weight excluding hydrogens is 230 g/mol. The van der Waals surface area contributed by atoms with E-state index in [-0.39, 0.29) is 4.90 Å². The Morgan fingerprint density at radius 3 is 2.50 bits per heavy atom. The third kappa shape index (κ3) is 2.14. The molecule has 0 fully saturated rings. The van der Waals surface area contributed by atoms with Crippen molar-refractivity contribution in [3.8, 4) is 0 Å². The van der Waals surface area contributed by atoms with Crippen molar-refractivity contribution in [2.75, 3.05) is 5.73 Å². The van der Waals surface area contributed by atoms with Gasteiger partial charge in [-0.2, -0.15) is 13.1 Å². The molecular formula is C9H9N3O3S. The first-order valence-electron chi connectivity index (χ1n) is 4.36. The van der Waals surface area contributed by atoms with Crippen molar-refractivity contribution in [2.45, 2.75) is 4.90 Å². The summed E-state index contributed by atoms with van der Waals surface area (Å²) in [5, 5.41) is 0. The summed E-state index contributed by atoms with van der Waals surface area (Å²) in [4.78, 5) is 3.71. The highest BCUT2D eigenvalue weighted by atomic mass is 32.2. The van der Waals surface area contributed by atoms with Crippen LogP contribution in [0.2, 0.25) is 0 Å². The number of rotatable bonds is 3. The summed E-state index contributed by atoms with van der Waals surface area (Å²) in [5.74, 6) is 0. The van der Waals surface area contributed by atoms with Crippen LogP contribution in [0.1, 0.15) is 0 Å². The van der Waals surface area contributed by atoms with Crippen LogP contribution in [0.15, 0.2) is 47.9 Å². The second-order valence-corrected chi connectivity index (χ2v) is 4.55. The standard InChI is InChI=1S/C9H9N3O3S/c10-8-1-3-9(4-2-8)16(13,14)15-12-6-5-11-7-12/h1-7H,10H2. The van der Waals surface area contributed by atoms with Crippen LogP contribution in [-0.4, -0.2) is 18.1 Å². The van der Waals surface area contributed by atoms with E-state index >= 15 is 0 Å². The highest BCUT2D eigenvalue weighted by molar-refractivity contribution is 7.87. The smallest absolute Gasteiger partial charge is 0.357 e. The van der Waals surface area contributed by atoms with E-state index in [1.54, 1.807) is 0 Å². The van der Waals surface area contributed by atoms with Gasteiger partial charge in [-0.15, -0.1) is 0 Å². The summed E-state index contributed by atoms with van der Waals surface area (Å²) >= 11 is 0. The van der Waals surface area contributed by atoms with Crippen molar-refractivity contribution in [3.63, 3.8) is 0 Å². The molecule has 0 saturated carbocycles. The average Bonchev–Trinajstić information content (AvgIpc) is 2.70. The fraction of sp³-hybridized carbons (Fsp3) is 0. The van der Waals surface area contributed by atoms with Crippen molar-refractivity contribution in [1.82, 2.24) is 9.71 Å². The molecule has 0 radical (unpaired) electrons. The topological polar surface area (TPSA) is 87.2 Å². The summed E-state index contributed by atoms with van der Waals surface area (Å²) in [5.41, 5.74) is 5.94. The molecule has 0 unspecified atom stereocenters. The minimum Gasteiger partial charge on any atom is -0.399 e. The molecule has 1 heterocycles. The summed E-state index contributed by atoms with van der Waals surface area (Å²) in [6.07, 6.45) is 4.04. The van der Waals surface area contributed by atoms with Crippen molar-refractivity contribution >= 4 is 15.8 Å². The van der Waals surface area contributed by atoms with E-state index in [0.717, 1.165) is 4.73 Å². The zero-order valence-electron chi connectivity index (χ0n) is 8.15. The third-order valence-corrected chi connectivity index (χ3v) is 3.05. The van der Waals surface area contributed by atoms with E-state index in [0.29, 0.717) is 5.69 Å². The maximum Gasteiger partial charge on any atom is 0.357 e. The van der Waals surface area contributed by atoms with Gasteiger partial charge in [0.2, 0.25) is 0 Å². The Hall–Kier alpha value is -2.02. The fourth-order valence-electron chi connectivity index (χ4n) is 1.08. The Morgan fingerprint density at radius 1 is 1.25 bits per heavy atom. The van der Waals surface area contributed by atoms with Crippen molar-refractivity contribution in [1.29, 1.82) is 0 Å². The molecule has 0 aliphatic heterocycles. The normalized spacial score (nSPS) is 11.2. The minimum atomic E-state index is -3.83. The molecule has 7 heteroatoms. The molecule has 0 amide bonds. The molecule has 16 heavy (non-hydrogen) atoms. The SMILES string of the molecule is Nc1ccc(S(=O)(=O)On2ccnc2)cc1. The van der Waals surface area contributed by atoms with Gasteiger partial charge in [-0.1, -0.05) is 0 Å². The molecule has 1 aromatic carbocycles. The molecule has 84 valence electrons. The van der Waals surface area contributed by atoms with E-state index in [1.807, 2.05) is 0 Å². The molecule has 0 saturated heterocycles. The molecule has 0 atom stereocenters. The number of benzene rings is 1. The predicted molar refractivity (Wildman–Crippen MR) is 56.8 cm³/mol. The average molecular weight is 239 g/mol. The van der Waals surface area contributed by atoms with E-state index in [1.165, 1.54) is 43.0 Å². The van der Waals surface area contributed by atoms with Gasteiger partial charge in [0.05, 0.1) is 6.20 Å². The first-order valence-corrected chi connectivity index (χ1v) is 5.77. The molecule has 2 rings (SSSR count). The predicted octanol–water partition coefficient (Wildman–Crippen LogP) is 0.283. The summed E-state index contributed by atoms with van der Waals surface area (Å²) in [6.45, 7) is 0. The number of aromatic nitrogens is 2. The van der Waals surface area contributed by atoms with E-state index < -0.39 is 10.1 Å². The monoisotopic (exact) mass is 239 g/mol. The van der Waals surface area contributed by atoms with Crippen LogP contribution in [0.4, 0.5) is 5.69 Å². The highest BCUT2D eigenvalue weighted by Crippen LogP contribution is 2.12. The molecule has 0 bridgehead atoms. The van der Waals surface area contributed by atoms with Gasteiger partial charge in [0.25, 0.3) is 0 Å². The first-order chi connectivity index (χ1) is 7.58. The zero-order chi connectivity index (χ0) is 11.6. The lowest BCUT2D eigenvalue weighted by atomic mass is 10.3. The number of hydrogen-bond donors (Lipinski definition) is 1. The summed E-state index contributed by atoms with van der Waals surface area (Å²) in [6, 6.07) is 5.73. The van der Waals surface area contributed by atoms with Crippen LogP contribution in [0.5, 0.6) is 0 Å². The Labute approximate surface area is 92.4 Å². The Bertz CT molecular complexity index is 561. The van der Waals surface area contributed by atoms with Crippen molar-refractivity contribution < 1.29 is 12.7 Å². The van der Waals surface area contributed by atoms with Gasteiger partial charge in [0.1, 0.15) is 11.2 Å². The molecule has 2 N–H and O–H groups in total. The van der Waals surface area contributed by atoms with E-state index in [9.17, 15) is 8.42 Å².